The molecular formula is C18H26N4O4S2. The van der Waals surface area contributed by atoms with Crippen LogP contribution in [0.5, 0.6) is 5.75 Å². The Bertz CT molecular complexity index is 687. The maximum atomic E-state index is 12.9. The summed E-state index contributed by atoms with van der Waals surface area (Å²) >= 11 is 0. The topological polar surface area (TPSA) is 134 Å². The predicted octanol–water partition coefficient (Wildman–Crippen LogP) is 0.153. The Morgan fingerprint density at radius 2 is 1.79 bits per heavy atom. The Hall–Kier alpha value is -1.91. The van der Waals surface area contributed by atoms with Crippen LogP contribution in [0.25, 0.3) is 0 Å². The van der Waals surface area contributed by atoms with Crippen LogP contribution in [0.3, 0.4) is 0 Å². The van der Waals surface area contributed by atoms with Crippen molar-refractivity contribution in [2.24, 2.45) is 5.73 Å². The van der Waals surface area contributed by atoms with Gasteiger partial charge in [-0.05, 0) is 30.5 Å². The van der Waals surface area contributed by atoms with Crippen molar-refractivity contribution >= 4 is 39.3 Å². The Kier molecular flexibility index (Phi) is 8.94. The highest BCUT2D eigenvalue weighted by molar-refractivity contribution is 8.76. The van der Waals surface area contributed by atoms with Crippen LogP contribution in [0.4, 0.5) is 0 Å². The second kappa shape index (κ2) is 11.2. The SMILES string of the molecule is CNC(=O)[C@@H]1CCSSCC[C@H](N)C(=O)N[C@@H](Cc2ccc(O)cc2)C(=O)N1. The number of carbonyl (C=O) groups excluding carboxylic acids is 3. The van der Waals surface area contributed by atoms with E-state index in [1.54, 1.807) is 33.7 Å². The van der Waals surface area contributed by atoms with Crippen LogP contribution < -0.4 is 21.7 Å². The van der Waals surface area contributed by atoms with Crippen molar-refractivity contribution in [3.8, 4) is 5.75 Å². The van der Waals surface area contributed by atoms with Crippen molar-refractivity contribution in [3.63, 3.8) is 0 Å². The van der Waals surface area contributed by atoms with Gasteiger partial charge in [-0.1, -0.05) is 33.7 Å². The molecule has 0 saturated carbocycles. The monoisotopic (exact) mass is 426 g/mol. The summed E-state index contributed by atoms with van der Waals surface area (Å²) < 4.78 is 0. The average molecular weight is 427 g/mol. The summed E-state index contributed by atoms with van der Waals surface area (Å²) in [5, 5.41) is 17.5. The van der Waals surface area contributed by atoms with Gasteiger partial charge in [0.05, 0.1) is 6.04 Å². The van der Waals surface area contributed by atoms with Gasteiger partial charge in [-0.15, -0.1) is 0 Å². The molecule has 1 heterocycles. The number of phenolic OH excluding ortho intramolecular Hbond substituents is 1. The van der Waals surface area contributed by atoms with E-state index in [-0.39, 0.29) is 18.1 Å². The van der Waals surface area contributed by atoms with Gasteiger partial charge in [0.2, 0.25) is 17.7 Å². The standard InChI is InChI=1S/C18H26N4O4S2/c1-20-17(25)14-7-9-28-27-8-6-13(19)16(24)22-15(18(26)21-14)10-11-2-4-12(23)5-3-11/h2-5,13-15,23H,6-10,19H2,1H3,(H,20,25)(H,21,26)(H,22,24)/t13-,14-,15-/m0/s1. The number of likely N-dealkylation sites (N-methyl/N-ethyl adjacent to an activating group) is 1. The van der Waals surface area contributed by atoms with Gasteiger partial charge in [0, 0.05) is 25.0 Å². The summed E-state index contributed by atoms with van der Waals surface area (Å²) in [4.78, 5) is 37.4. The largest absolute Gasteiger partial charge is 0.508 e. The van der Waals surface area contributed by atoms with Crippen LogP contribution in [-0.4, -0.2) is 59.5 Å². The van der Waals surface area contributed by atoms with Crippen molar-refractivity contribution in [2.45, 2.75) is 37.4 Å². The molecule has 0 aromatic heterocycles. The summed E-state index contributed by atoms with van der Waals surface area (Å²) in [7, 11) is 4.71. The van der Waals surface area contributed by atoms with Gasteiger partial charge in [0.25, 0.3) is 0 Å². The smallest absolute Gasteiger partial charge is 0.243 e. The molecule has 3 amide bonds. The van der Waals surface area contributed by atoms with E-state index in [9.17, 15) is 19.5 Å². The summed E-state index contributed by atoms with van der Waals surface area (Å²) in [6.07, 6.45) is 1.19. The number of hydrogen-bond donors (Lipinski definition) is 5. The molecule has 0 spiro atoms. The van der Waals surface area contributed by atoms with E-state index in [0.29, 0.717) is 24.3 Å². The van der Waals surface area contributed by atoms with Crippen LogP contribution >= 0.6 is 21.6 Å². The maximum absolute atomic E-state index is 12.9. The first kappa shape index (κ1) is 22.4. The molecule has 1 aliphatic heterocycles. The summed E-state index contributed by atoms with van der Waals surface area (Å²) in [5.74, 6) is 0.374. The number of benzene rings is 1. The van der Waals surface area contributed by atoms with E-state index < -0.39 is 29.9 Å². The molecule has 0 aliphatic carbocycles. The molecular weight excluding hydrogens is 400 g/mol. The minimum atomic E-state index is -0.878. The first-order valence-corrected chi connectivity index (χ1v) is 11.5. The third-order valence-corrected chi connectivity index (χ3v) is 6.78. The molecule has 2 rings (SSSR count). The van der Waals surface area contributed by atoms with Gasteiger partial charge in [-0.3, -0.25) is 14.4 Å². The quantitative estimate of drug-likeness (QED) is 0.435. The van der Waals surface area contributed by atoms with Gasteiger partial charge in [0.15, 0.2) is 0 Å². The number of nitrogens with two attached hydrogens (primary N) is 1. The van der Waals surface area contributed by atoms with E-state index in [2.05, 4.69) is 16.0 Å². The number of aromatic hydroxyl groups is 1. The van der Waals surface area contributed by atoms with Crippen molar-refractivity contribution in [1.82, 2.24) is 16.0 Å². The zero-order chi connectivity index (χ0) is 20.5. The number of carbonyl (C=O) groups is 3. The molecule has 154 valence electrons. The highest BCUT2D eigenvalue weighted by atomic mass is 33.1. The Morgan fingerprint density at radius 3 is 2.43 bits per heavy atom. The molecule has 1 aromatic rings. The molecule has 10 heteroatoms. The van der Waals surface area contributed by atoms with Gasteiger partial charge in [-0.25, -0.2) is 0 Å². The van der Waals surface area contributed by atoms with Crippen molar-refractivity contribution in [2.75, 3.05) is 18.6 Å². The molecule has 28 heavy (non-hydrogen) atoms. The highest BCUT2D eigenvalue weighted by Gasteiger charge is 2.28. The molecule has 1 fully saturated rings. The molecule has 0 unspecified atom stereocenters. The highest BCUT2D eigenvalue weighted by Crippen LogP contribution is 2.24. The molecule has 1 aromatic carbocycles. The zero-order valence-electron chi connectivity index (χ0n) is 15.6. The number of phenols is 1. The molecule has 1 aliphatic rings. The molecule has 0 bridgehead atoms. The molecule has 0 radical (unpaired) electrons. The number of rotatable bonds is 3. The van der Waals surface area contributed by atoms with Gasteiger partial charge in [0.1, 0.15) is 17.8 Å². The maximum Gasteiger partial charge on any atom is 0.243 e. The number of amides is 3. The van der Waals surface area contributed by atoms with Crippen LogP contribution in [0.15, 0.2) is 24.3 Å². The van der Waals surface area contributed by atoms with Crippen LogP contribution in [0, 0.1) is 0 Å². The minimum absolute atomic E-state index is 0.115. The number of hydrogen-bond acceptors (Lipinski definition) is 7. The van der Waals surface area contributed by atoms with Crippen molar-refractivity contribution in [3.05, 3.63) is 29.8 Å². The molecule has 8 nitrogen and oxygen atoms in total. The lowest BCUT2D eigenvalue weighted by atomic mass is 10.0. The van der Waals surface area contributed by atoms with Gasteiger partial charge >= 0.3 is 0 Å². The summed E-state index contributed by atoms with van der Waals surface area (Å²) in [5.41, 5.74) is 6.71. The van der Waals surface area contributed by atoms with Gasteiger partial charge in [-0.2, -0.15) is 0 Å². The van der Waals surface area contributed by atoms with Crippen molar-refractivity contribution in [1.29, 1.82) is 0 Å². The van der Waals surface area contributed by atoms with E-state index in [1.165, 1.54) is 19.2 Å². The van der Waals surface area contributed by atoms with E-state index >= 15 is 0 Å². The fraction of sp³-hybridized carbons (Fsp3) is 0.500. The lowest BCUT2D eigenvalue weighted by Gasteiger charge is -2.23. The minimum Gasteiger partial charge on any atom is -0.508 e. The summed E-state index contributed by atoms with van der Waals surface area (Å²) in [6.45, 7) is 0. The molecule has 3 atom stereocenters. The first-order chi connectivity index (χ1) is 13.4. The summed E-state index contributed by atoms with van der Waals surface area (Å²) in [6, 6.07) is 4.12. The van der Waals surface area contributed by atoms with E-state index in [0.717, 1.165) is 5.56 Å². The van der Waals surface area contributed by atoms with Gasteiger partial charge < -0.3 is 26.8 Å². The lowest BCUT2D eigenvalue weighted by molar-refractivity contribution is -0.132. The second-order valence-corrected chi connectivity index (χ2v) is 9.14. The molecule has 6 N–H and O–H groups in total. The molecule has 1 saturated heterocycles. The van der Waals surface area contributed by atoms with E-state index in [4.69, 9.17) is 5.73 Å². The Balaban J connectivity index is 2.21. The Morgan fingerprint density at radius 1 is 1.14 bits per heavy atom. The van der Waals surface area contributed by atoms with E-state index in [1.807, 2.05) is 0 Å². The van der Waals surface area contributed by atoms with Crippen molar-refractivity contribution < 1.29 is 19.5 Å². The third-order valence-electron chi connectivity index (χ3n) is 4.31. The van der Waals surface area contributed by atoms with Crippen LogP contribution in [0.2, 0.25) is 0 Å². The third kappa shape index (κ3) is 6.92. The average Bonchev–Trinajstić information content (AvgIpc) is 2.69. The fourth-order valence-electron chi connectivity index (χ4n) is 2.66. The predicted molar refractivity (Wildman–Crippen MR) is 112 cm³/mol. The second-order valence-electron chi connectivity index (χ2n) is 6.43. The number of nitrogens with one attached hydrogen (secondary N) is 3. The normalized spacial score (nSPS) is 24.7. The Labute approximate surface area is 172 Å². The van der Waals surface area contributed by atoms with Crippen LogP contribution in [-0.2, 0) is 20.8 Å². The fourth-order valence-corrected chi connectivity index (χ4v) is 4.86. The lowest BCUT2D eigenvalue weighted by Crippen LogP contribution is -2.56. The zero-order valence-corrected chi connectivity index (χ0v) is 17.3. The first-order valence-electron chi connectivity index (χ1n) is 9.01. The van der Waals surface area contributed by atoms with Crippen LogP contribution in [0.1, 0.15) is 18.4 Å².